The Morgan fingerprint density at radius 1 is 0.812 bits per heavy atom. The van der Waals surface area contributed by atoms with Crippen LogP contribution in [0.15, 0.2) is 102 Å². The Morgan fingerprint density at radius 2 is 1.50 bits per heavy atom. The number of fused-ring (bicyclic) bond motifs is 3. The number of carbonyl (C=O) groups is 1. The third kappa shape index (κ3) is 3.67. The molecule has 0 saturated heterocycles. The largest absolute Gasteiger partial charge is 0.341 e. The zero-order valence-electron chi connectivity index (χ0n) is 17.8. The van der Waals surface area contributed by atoms with Gasteiger partial charge in [-0.3, -0.25) is 4.79 Å². The summed E-state index contributed by atoms with van der Waals surface area (Å²) < 4.78 is 2.31. The lowest BCUT2D eigenvalue weighted by atomic mass is 10.0. The zero-order valence-corrected chi connectivity index (χ0v) is 17.8. The molecule has 1 N–H and O–H groups in total. The number of nitrogens with zero attached hydrogens (tertiary/aromatic N) is 2. The van der Waals surface area contributed by atoms with Crippen LogP contribution in [0, 0.1) is 0 Å². The van der Waals surface area contributed by atoms with Crippen LogP contribution >= 0.6 is 0 Å². The molecule has 4 heteroatoms. The van der Waals surface area contributed by atoms with E-state index >= 15 is 0 Å². The van der Waals surface area contributed by atoms with Crippen molar-refractivity contribution in [3.63, 3.8) is 0 Å². The van der Waals surface area contributed by atoms with Crippen LogP contribution in [-0.2, 0) is 6.54 Å². The fraction of sp³-hybridized carbons (Fsp3) is 0.0714. The molecule has 0 bridgehead atoms. The second-order valence-electron chi connectivity index (χ2n) is 7.68. The van der Waals surface area contributed by atoms with Gasteiger partial charge in [-0.25, -0.2) is 5.43 Å². The van der Waals surface area contributed by atoms with Crippen molar-refractivity contribution in [3.05, 3.63) is 108 Å². The number of hydrogen-bond acceptors (Lipinski definition) is 2. The van der Waals surface area contributed by atoms with E-state index < -0.39 is 0 Å². The van der Waals surface area contributed by atoms with Crippen molar-refractivity contribution in [2.75, 3.05) is 0 Å². The molecule has 0 radical (unpaired) electrons. The molecule has 0 saturated carbocycles. The van der Waals surface area contributed by atoms with Crippen molar-refractivity contribution in [1.29, 1.82) is 0 Å². The molecule has 0 atom stereocenters. The van der Waals surface area contributed by atoms with Crippen molar-refractivity contribution in [1.82, 2.24) is 9.99 Å². The average molecular weight is 418 g/mol. The number of aryl methyl sites for hydroxylation is 1. The fourth-order valence-corrected chi connectivity index (χ4v) is 4.17. The molecular weight excluding hydrogens is 394 g/mol. The normalized spacial score (nSPS) is 11.4. The zero-order chi connectivity index (χ0) is 21.9. The summed E-state index contributed by atoms with van der Waals surface area (Å²) in [5.41, 5.74) is 8.77. The molecule has 32 heavy (non-hydrogen) atoms. The average Bonchev–Trinajstić information content (AvgIpc) is 3.17. The first-order chi connectivity index (χ1) is 15.7. The van der Waals surface area contributed by atoms with Crippen LogP contribution in [0.4, 0.5) is 0 Å². The predicted molar refractivity (Wildman–Crippen MR) is 132 cm³/mol. The highest BCUT2D eigenvalue weighted by atomic mass is 16.2. The molecule has 0 spiro atoms. The van der Waals surface area contributed by atoms with E-state index in [1.54, 1.807) is 6.21 Å². The first kappa shape index (κ1) is 19.8. The van der Waals surface area contributed by atoms with Gasteiger partial charge in [0.2, 0.25) is 0 Å². The molecule has 4 nitrogen and oxygen atoms in total. The molecule has 5 rings (SSSR count). The molecule has 0 aliphatic carbocycles. The van der Waals surface area contributed by atoms with Crippen LogP contribution in [-0.4, -0.2) is 16.7 Å². The van der Waals surface area contributed by atoms with Gasteiger partial charge < -0.3 is 4.57 Å². The summed E-state index contributed by atoms with van der Waals surface area (Å²) in [5.74, 6) is -0.232. The maximum Gasteiger partial charge on any atom is 0.271 e. The quantitative estimate of drug-likeness (QED) is 0.267. The van der Waals surface area contributed by atoms with E-state index in [0.717, 1.165) is 23.2 Å². The second-order valence-corrected chi connectivity index (χ2v) is 7.68. The summed E-state index contributed by atoms with van der Waals surface area (Å²) in [5, 5.41) is 6.59. The van der Waals surface area contributed by atoms with Crippen LogP contribution in [0.2, 0.25) is 0 Å². The minimum atomic E-state index is -0.232. The van der Waals surface area contributed by atoms with E-state index in [1.165, 1.54) is 21.8 Å². The van der Waals surface area contributed by atoms with Gasteiger partial charge in [-0.2, -0.15) is 5.10 Å². The molecule has 1 aromatic heterocycles. The smallest absolute Gasteiger partial charge is 0.271 e. The van der Waals surface area contributed by atoms with Gasteiger partial charge in [0.1, 0.15) is 0 Å². The first-order valence-electron chi connectivity index (χ1n) is 10.7. The van der Waals surface area contributed by atoms with Crippen molar-refractivity contribution >= 4 is 33.9 Å². The van der Waals surface area contributed by atoms with Crippen LogP contribution in [0.5, 0.6) is 0 Å². The lowest BCUT2D eigenvalue weighted by Crippen LogP contribution is -2.17. The van der Waals surface area contributed by atoms with Crippen LogP contribution in [0.25, 0.3) is 32.9 Å². The molecule has 156 valence electrons. The van der Waals surface area contributed by atoms with Gasteiger partial charge in [-0.1, -0.05) is 66.7 Å². The summed E-state index contributed by atoms with van der Waals surface area (Å²) in [6.45, 7) is 3.07. The van der Waals surface area contributed by atoms with E-state index in [-0.39, 0.29) is 5.91 Å². The van der Waals surface area contributed by atoms with Crippen LogP contribution in [0.3, 0.4) is 0 Å². The lowest BCUT2D eigenvalue weighted by molar-refractivity contribution is 0.0955. The Bertz CT molecular complexity index is 1430. The number of carbonyl (C=O) groups excluding carboxylic acids is 1. The van der Waals surface area contributed by atoms with Gasteiger partial charge in [0.05, 0.1) is 6.21 Å². The van der Waals surface area contributed by atoms with Crippen LogP contribution < -0.4 is 5.43 Å². The Hall–Kier alpha value is -4.18. The number of para-hydroxylation sites is 1. The Kier molecular flexibility index (Phi) is 5.26. The van der Waals surface area contributed by atoms with Crippen LogP contribution in [0.1, 0.15) is 22.8 Å². The number of nitrogens with one attached hydrogen (secondary N) is 1. The molecule has 1 amide bonds. The highest BCUT2D eigenvalue weighted by Gasteiger charge is 2.09. The van der Waals surface area contributed by atoms with Gasteiger partial charge in [0, 0.05) is 33.9 Å². The highest BCUT2D eigenvalue weighted by Crippen LogP contribution is 2.29. The van der Waals surface area contributed by atoms with E-state index in [9.17, 15) is 4.79 Å². The molecule has 1 heterocycles. The van der Waals surface area contributed by atoms with Gasteiger partial charge >= 0.3 is 0 Å². The molecule has 0 unspecified atom stereocenters. The summed E-state index contributed by atoms with van der Waals surface area (Å²) in [6.07, 6.45) is 1.69. The van der Waals surface area contributed by atoms with Crippen molar-refractivity contribution in [2.45, 2.75) is 13.5 Å². The molecule has 0 fully saturated rings. The molecule has 0 aliphatic heterocycles. The van der Waals surface area contributed by atoms with Gasteiger partial charge in [0.15, 0.2) is 0 Å². The highest BCUT2D eigenvalue weighted by molar-refractivity contribution is 6.09. The summed E-state index contributed by atoms with van der Waals surface area (Å²) in [6, 6.07) is 32.3. The Labute approximate surface area is 186 Å². The van der Waals surface area contributed by atoms with E-state index in [2.05, 4.69) is 58.4 Å². The van der Waals surface area contributed by atoms with Crippen molar-refractivity contribution < 1.29 is 4.79 Å². The summed E-state index contributed by atoms with van der Waals surface area (Å²) >= 11 is 0. The number of hydrogen-bond donors (Lipinski definition) is 1. The van der Waals surface area contributed by atoms with E-state index in [1.807, 2.05) is 60.7 Å². The van der Waals surface area contributed by atoms with Gasteiger partial charge in [0.25, 0.3) is 5.91 Å². The van der Waals surface area contributed by atoms with E-state index in [4.69, 9.17) is 0 Å². The first-order valence-corrected chi connectivity index (χ1v) is 10.7. The minimum Gasteiger partial charge on any atom is -0.341 e. The lowest BCUT2D eigenvalue weighted by Gasteiger charge is -2.04. The monoisotopic (exact) mass is 417 g/mol. The Morgan fingerprint density at radius 3 is 2.28 bits per heavy atom. The standard InChI is InChI=1S/C28H23N3O/c1-2-31-26-11-7-6-10-24(26)25-18-20(12-17-27(25)31)19-29-30-28(32)23-15-13-22(14-16-23)21-8-4-3-5-9-21/h3-19H,2H2,1H3,(H,30,32)/b29-19+. The molecule has 4 aromatic carbocycles. The number of amides is 1. The van der Waals surface area contributed by atoms with Gasteiger partial charge in [-0.05, 0) is 53.9 Å². The summed E-state index contributed by atoms with van der Waals surface area (Å²) in [4.78, 5) is 12.5. The van der Waals surface area contributed by atoms with Crippen molar-refractivity contribution in [3.8, 4) is 11.1 Å². The number of hydrazone groups is 1. The molecular formula is C28H23N3O. The number of aromatic nitrogens is 1. The summed E-state index contributed by atoms with van der Waals surface area (Å²) in [7, 11) is 0. The third-order valence-electron chi connectivity index (χ3n) is 5.75. The maximum absolute atomic E-state index is 12.5. The Balaban J connectivity index is 1.33. The third-order valence-corrected chi connectivity index (χ3v) is 5.75. The second kappa shape index (κ2) is 8.52. The van der Waals surface area contributed by atoms with Crippen molar-refractivity contribution in [2.24, 2.45) is 5.10 Å². The van der Waals surface area contributed by atoms with Gasteiger partial charge in [-0.15, -0.1) is 0 Å². The number of benzene rings is 4. The van der Waals surface area contributed by atoms with E-state index in [0.29, 0.717) is 5.56 Å². The maximum atomic E-state index is 12.5. The fourth-order valence-electron chi connectivity index (χ4n) is 4.17. The molecule has 5 aromatic rings. The minimum absolute atomic E-state index is 0.232. The predicted octanol–water partition coefficient (Wildman–Crippen LogP) is 6.25. The number of rotatable bonds is 5. The topological polar surface area (TPSA) is 46.4 Å². The SMILES string of the molecule is CCn1c2ccccc2c2cc(/C=N/NC(=O)c3ccc(-c4ccccc4)cc3)ccc21. The molecule has 0 aliphatic rings.